The zero-order valence-electron chi connectivity index (χ0n) is 11.2. The first-order chi connectivity index (χ1) is 9.54. The van der Waals surface area contributed by atoms with Crippen LogP contribution >= 0.6 is 0 Å². The molecule has 2 aromatic rings. The Morgan fingerprint density at radius 3 is 2.50 bits per heavy atom. The average Bonchev–Trinajstić information content (AvgIpc) is 2.46. The highest BCUT2D eigenvalue weighted by Gasteiger charge is 2.13. The average molecular weight is 267 g/mol. The maximum atomic E-state index is 10.8. The fourth-order valence-electron chi connectivity index (χ4n) is 1.89. The van der Waals surface area contributed by atoms with Crippen LogP contribution in [0.25, 0.3) is 0 Å². The molecule has 0 bridgehead atoms. The third-order valence-electron chi connectivity index (χ3n) is 3.07. The lowest BCUT2D eigenvalue weighted by atomic mass is 10.1. The highest BCUT2D eigenvalue weighted by molar-refractivity contribution is 5.88. The molecule has 0 spiro atoms. The van der Waals surface area contributed by atoms with Gasteiger partial charge in [0.1, 0.15) is 6.07 Å². The van der Waals surface area contributed by atoms with Crippen molar-refractivity contribution in [1.29, 1.82) is 5.26 Å². The number of aromatic carboxylic acids is 1. The van der Waals surface area contributed by atoms with Crippen LogP contribution < -0.4 is 4.90 Å². The molecule has 20 heavy (non-hydrogen) atoms. The van der Waals surface area contributed by atoms with Crippen molar-refractivity contribution in [3.8, 4) is 6.07 Å². The van der Waals surface area contributed by atoms with Gasteiger partial charge in [0.05, 0.1) is 11.1 Å². The van der Waals surface area contributed by atoms with E-state index in [0.717, 1.165) is 11.3 Å². The number of anilines is 2. The zero-order valence-corrected chi connectivity index (χ0v) is 11.2. The van der Waals surface area contributed by atoms with Gasteiger partial charge in [-0.25, -0.2) is 9.78 Å². The minimum absolute atomic E-state index is 0.222. The molecule has 0 aliphatic heterocycles. The van der Waals surface area contributed by atoms with Gasteiger partial charge in [0.15, 0.2) is 5.82 Å². The quantitative estimate of drug-likeness (QED) is 0.925. The zero-order chi connectivity index (χ0) is 14.7. The van der Waals surface area contributed by atoms with Gasteiger partial charge in [0, 0.05) is 18.9 Å². The van der Waals surface area contributed by atoms with E-state index in [0.29, 0.717) is 11.4 Å². The smallest absolute Gasteiger partial charge is 0.335 e. The summed E-state index contributed by atoms with van der Waals surface area (Å²) in [6.07, 6.45) is 1.65. The van der Waals surface area contributed by atoms with E-state index in [2.05, 4.69) is 11.1 Å². The lowest BCUT2D eigenvalue weighted by Crippen LogP contribution is -2.13. The van der Waals surface area contributed by atoms with Crippen molar-refractivity contribution in [3.05, 3.63) is 53.2 Å². The molecule has 0 atom stereocenters. The van der Waals surface area contributed by atoms with Crippen molar-refractivity contribution < 1.29 is 9.90 Å². The SMILES string of the molecule is Cc1ccnc(N(C)c2ccc(C(=O)O)cc2)c1C#N. The Morgan fingerprint density at radius 2 is 1.95 bits per heavy atom. The Balaban J connectivity index is 2.41. The Labute approximate surface area is 116 Å². The summed E-state index contributed by atoms with van der Waals surface area (Å²) >= 11 is 0. The summed E-state index contributed by atoms with van der Waals surface area (Å²) in [7, 11) is 1.79. The number of nitriles is 1. The highest BCUT2D eigenvalue weighted by atomic mass is 16.4. The van der Waals surface area contributed by atoms with Crippen LogP contribution in [0.2, 0.25) is 0 Å². The van der Waals surface area contributed by atoms with Crippen LogP contribution in [0.15, 0.2) is 36.5 Å². The molecule has 1 heterocycles. The summed E-state index contributed by atoms with van der Waals surface area (Å²) in [5.74, 6) is -0.416. The standard InChI is InChI=1S/C15H13N3O2/c1-10-7-8-17-14(13(10)9-16)18(2)12-5-3-11(4-6-12)15(19)20/h3-8H,1-2H3,(H,19,20). The summed E-state index contributed by atoms with van der Waals surface area (Å²) in [4.78, 5) is 16.8. The molecule has 1 N–H and O–H groups in total. The van der Waals surface area contributed by atoms with Gasteiger partial charge in [0.2, 0.25) is 0 Å². The molecule has 0 unspecified atom stereocenters. The van der Waals surface area contributed by atoms with Crippen molar-refractivity contribution in [1.82, 2.24) is 4.98 Å². The number of carboxylic acid groups (broad SMARTS) is 1. The number of nitrogens with zero attached hydrogens (tertiary/aromatic N) is 3. The van der Waals surface area contributed by atoms with Gasteiger partial charge in [-0.2, -0.15) is 5.26 Å². The number of rotatable bonds is 3. The van der Waals surface area contributed by atoms with Gasteiger partial charge in [-0.05, 0) is 42.8 Å². The molecule has 100 valence electrons. The van der Waals surface area contributed by atoms with Gasteiger partial charge in [0.25, 0.3) is 0 Å². The van der Waals surface area contributed by atoms with Crippen LogP contribution in [0.1, 0.15) is 21.5 Å². The molecule has 0 aliphatic rings. The van der Waals surface area contributed by atoms with Gasteiger partial charge in [-0.15, -0.1) is 0 Å². The van der Waals surface area contributed by atoms with Gasteiger partial charge >= 0.3 is 5.97 Å². The van der Waals surface area contributed by atoms with Crippen LogP contribution in [0.5, 0.6) is 0 Å². The first-order valence-electron chi connectivity index (χ1n) is 5.97. The summed E-state index contributed by atoms with van der Waals surface area (Å²) in [6.45, 7) is 1.85. The monoisotopic (exact) mass is 267 g/mol. The fourth-order valence-corrected chi connectivity index (χ4v) is 1.89. The van der Waals surface area contributed by atoms with E-state index in [-0.39, 0.29) is 5.56 Å². The van der Waals surface area contributed by atoms with E-state index < -0.39 is 5.97 Å². The van der Waals surface area contributed by atoms with Gasteiger partial charge in [-0.1, -0.05) is 0 Å². The molecule has 0 fully saturated rings. The molecule has 2 rings (SSSR count). The largest absolute Gasteiger partial charge is 0.478 e. The molecule has 5 nitrogen and oxygen atoms in total. The van der Waals surface area contributed by atoms with Crippen LogP contribution in [-0.2, 0) is 0 Å². The molecule has 1 aromatic carbocycles. The minimum atomic E-state index is -0.967. The lowest BCUT2D eigenvalue weighted by Gasteiger charge is -2.20. The van der Waals surface area contributed by atoms with Crippen LogP contribution in [-0.4, -0.2) is 23.1 Å². The third-order valence-corrected chi connectivity index (χ3v) is 3.07. The third kappa shape index (κ3) is 2.45. The van der Waals surface area contributed by atoms with Gasteiger partial charge < -0.3 is 10.0 Å². The number of pyridine rings is 1. The number of hydrogen-bond donors (Lipinski definition) is 1. The molecule has 0 saturated heterocycles. The van der Waals surface area contributed by atoms with Gasteiger partial charge in [-0.3, -0.25) is 0 Å². The number of benzene rings is 1. The summed E-state index contributed by atoms with van der Waals surface area (Å²) in [5.41, 5.74) is 2.35. The predicted molar refractivity (Wildman–Crippen MR) is 75.2 cm³/mol. The molecule has 0 aliphatic carbocycles. The molecule has 0 radical (unpaired) electrons. The second-order valence-corrected chi connectivity index (χ2v) is 4.35. The topological polar surface area (TPSA) is 77.2 Å². The maximum absolute atomic E-state index is 10.8. The molecular formula is C15H13N3O2. The summed E-state index contributed by atoms with van der Waals surface area (Å²) in [5, 5.41) is 18.1. The highest BCUT2D eigenvalue weighted by Crippen LogP contribution is 2.26. The van der Waals surface area contributed by atoms with Crippen molar-refractivity contribution in [2.75, 3.05) is 11.9 Å². The van der Waals surface area contributed by atoms with Crippen LogP contribution in [0.4, 0.5) is 11.5 Å². The Morgan fingerprint density at radius 1 is 1.30 bits per heavy atom. The number of aryl methyl sites for hydroxylation is 1. The van der Waals surface area contributed by atoms with Crippen molar-refractivity contribution in [2.45, 2.75) is 6.92 Å². The molecule has 5 heteroatoms. The van der Waals surface area contributed by atoms with E-state index in [4.69, 9.17) is 5.11 Å². The van der Waals surface area contributed by atoms with Crippen molar-refractivity contribution >= 4 is 17.5 Å². The second kappa shape index (κ2) is 5.41. The molecule has 0 amide bonds. The minimum Gasteiger partial charge on any atom is -0.478 e. The Bertz CT molecular complexity index is 687. The normalized spacial score (nSPS) is 9.85. The lowest BCUT2D eigenvalue weighted by molar-refractivity contribution is 0.0697. The Kier molecular flexibility index (Phi) is 3.67. The van der Waals surface area contributed by atoms with E-state index >= 15 is 0 Å². The predicted octanol–water partition coefficient (Wildman–Crippen LogP) is 2.73. The number of carbonyl (C=O) groups is 1. The van der Waals surface area contributed by atoms with E-state index in [1.807, 2.05) is 6.92 Å². The van der Waals surface area contributed by atoms with Crippen molar-refractivity contribution in [3.63, 3.8) is 0 Å². The first-order valence-corrected chi connectivity index (χ1v) is 5.97. The summed E-state index contributed by atoms with van der Waals surface area (Å²) in [6, 6.07) is 10.4. The Hall–Kier alpha value is -2.87. The molecule has 0 saturated carbocycles. The second-order valence-electron chi connectivity index (χ2n) is 4.35. The van der Waals surface area contributed by atoms with Crippen molar-refractivity contribution in [2.24, 2.45) is 0 Å². The van der Waals surface area contributed by atoms with E-state index in [9.17, 15) is 10.1 Å². The number of carboxylic acids is 1. The van der Waals surface area contributed by atoms with E-state index in [1.54, 1.807) is 36.3 Å². The maximum Gasteiger partial charge on any atom is 0.335 e. The van der Waals surface area contributed by atoms with Crippen LogP contribution in [0.3, 0.4) is 0 Å². The molecule has 1 aromatic heterocycles. The van der Waals surface area contributed by atoms with E-state index in [1.165, 1.54) is 12.1 Å². The summed E-state index contributed by atoms with van der Waals surface area (Å²) < 4.78 is 0. The first kappa shape index (κ1) is 13.6. The van der Waals surface area contributed by atoms with Crippen LogP contribution in [0, 0.1) is 18.3 Å². The number of aromatic nitrogens is 1. The molecular weight excluding hydrogens is 254 g/mol. The fraction of sp³-hybridized carbons (Fsp3) is 0.133. The number of hydrogen-bond acceptors (Lipinski definition) is 4.